The Balaban J connectivity index is 1.78. The Kier molecular flexibility index (Phi) is 10.5. The molecule has 0 aliphatic rings. The number of nitrogens with one attached hydrogen (secondary N) is 2. The predicted molar refractivity (Wildman–Crippen MR) is 123 cm³/mol. The lowest BCUT2D eigenvalue weighted by molar-refractivity contribution is -0.146. The molecule has 10 heteroatoms. The van der Waals surface area contributed by atoms with Crippen LogP contribution in [0.15, 0.2) is 60.7 Å². The number of amides is 2. The van der Waals surface area contributed by atoms with Gasteiger partial charge in [-0.3, -0.25) is 19.2 Å². The summed E-state index contributed by atoms with van der Waals surface area (Å²) in [5, 5.41) is 4.25. The molecule has 2 aromatic rings. The highest BCUT2D eigenvalue weighted by Crippen LogP contribution is 2.14. The Bertz CT molecular complexity index is 953. The Hall–Kier alpha value is -3.11. The number of hydrogen-bond donors (Lipinski definition) is 2. The van der Waals surface area contributed by atoms with E-state index in [0.29, 0.717) is 11.1 Å². The summed E-state index contributed by atoms with van der Waals surface area (Å²) in [4.78, 5) is 60.3. The fraction of sp³-hybridized carbons (Fsp3) is 0.227. The van der Waals surface area contributed by atoms with E-state index in [4.69, 9.17) is 0 Å². The summed E-state index contributed by atoms with van der Waals surface area (Å²) in [6.45, 7) is 0.0830. The number of thioether (sulfide) groups is 2. The highest BCUT2D eigenvalue weighted by atomic mass is 32.2. The third kappa shape index (κ3) is 8.20. The molecule has 0 saturated carbocycles. The Morgan fingerprint density at radius 2 is 1.34 bits per heavy atom. The molecule has 1 unspecified atom stereocenters. The number of ether oxygens (including phenoxy) is 1. The van der Waals surface area contributed by atoms with Crippen molar-refractivity contribution in [2.75, 3.05) is 25.2 Å². The molecule has 2 amide bonds. The van der Waals surface area contributed by atoms with Gasteiger partial charge in [0.05, 0.1) is 7.11 Å². The fourth-order valence-electron chi connectivity index (χ4n) is 2.40. The van der Waals surface area contributed by atoms with Crippen molar-refractivity contribution in [3.63, 3.8) is 0 Å². The van der Waals surface area contributed by atoms with Gasteiger partial charge in [0.2, 0.25) is 10.2 Å². The SMILES string of the molecule is COC(=O)C(CSC(=O)c1ccccc1)NC(=O)C(=O)NCCSC(=O)c1ccccc1. The van der Waals surface area contributed by atoms with E-state index < -0.39 is 23.8 Å². The summed E-state index contributed by atoms with van der Waals surface area (Å²) in [6.07, 6.45) is 0. The first-order valence-electron chi connectivity index (χ1n) is 9.53. The molecule has 0 fully saturated rings. The van der Waals surface area contributed by atoms with Crippen molar-refractivity contribution in [1.82, 2.24) is 10.6 Å². The van der Waals surface area contributed by atoms with Crippen LogP contribution in [-0.2, 0) is 19.1 Å². The molecule has 8 nitrogen and oxygen atoms in total. The van der Waals surface area contributed by atoms with Gasteiger partial charge in [0.15, 0.2) is 0 Å². The van der Waals surface area contributed by atoms with Crippen LogP contribution < -0.4 is 10.6 Å². The molecule has 168 valence electrons. The number of benzene rings is 2. The first-order valence-corrected chi connectivity index (χ1v) is 11.5. The molecule has 1 atom stereocenters. The lowest BCUT2D eigenvalue weighted by atomic mass is 10.2. The maximum absolute atomic E-state index is 12.2. The molecule has 0 spiro atoms. The lowest BCUT2D eigenvalue weighted by Gasteiger charge is -2.15. The van der Waals surface area contributed by atoms with E-state index in [9.17, 15) is 24.0 Å². The van der Waals surface area contributed by atoms with Gasteiger partial charge in [-0.1, -0.05) is 84.2 Å². The summed E-state index contributed by atoms with van der Waals surface area (Å²) < 4.78 is 4.65. The van der Waals surface area contributed by atoms with Gasteiger partial charge in [-0.05, 0) is 0 Å². The van der Waals surface area contributed by atoms with Gasteiger partial charge in [-0.15, -0.1) is 0 Å². The third-order valence-corrected chi connectivity index (χ3v) is 5.92. The number of carbonyl (C=O) groups excluding carboxylic acids is 5. The molecule has 0 aliphatic carbocycles. The van der Waals surface area contributed by atoms with Crippen LogP contribution in [0.5, 0.6) is 0 Å². The van der Waals surface area contributed by atoms with Crippen LogP contribution >= 0.6 is 23.5 Å². The molecule has 0 saturated heterocycles. The third-order valence-electron chi connectivity index (χ3n) is 4.02. The second-order valence-electron chi connectivity index (χ2n) is 6.27. The zero-order valence-corrected chi connectivity index (χ0v) is 18.9. The van der Waals surface area contributed by atoms with E-state index in [0.717, 1.165) is 30.6 Å². The number of methoxy groups -OCH3 is 1. The van der Waals surface area contributed by atoms with Crippen LogP contribution in [0.25, 0.3) is 0 Å². The predicted octanol–water partition coefficient (Wildman–Crippen LogP) is 1.91. The minimum atomic E-state index is -1.18. The molecule has 2 aromatic carbocycles. The molecule has 0 aromatic heterocycles. The van der Waals surface area contributed by atoms with Gasteiger partial charge in [-0.2, -0.15) is 0 Å². The molecular weight excluding hydrogens is 452 g/mol. The van der Waals surface area contributed by atoms with Crippen LogP contribution in [0, 0.1) is 0 Å². The zero-order chi connectivity index (χ0) is 23.3. The zero-order valence-electron chi connectivity index (χ0n) is 17.2. The second-order valence-corrected chi connectivity index (χ2v) is 8.33. The number of esters is 1. The van der Waals surface area contributed by atoms with Crippen molar-refractivity contribution in [2.45, 2.75) is 6.04 Å². The number of hydrogen-bond acceptors (Lipinski definition) is 8. The standard InChI is InChI=1S/C22H22N2O6S2/c1-30-20(27)17(14-32-22(29)16-10-6-3-7-11-16)24-19(26)18(25)23-12-13-31-21(28)15-8-4-2-5-9-15/h2-11,17H,12-14H2,1H3,(H,23,25)(H,24,26). The number of rotatable bonds is 9. The van der Waals surface area contributed by atoms with Gasteiger partial charge < -0.3 is 15.4 Å². The smallest absolute Gasteiger partial charge is 0.329 e. The molecule has 2 rings (SSSR count). The molecule has 0 aliphatic heterocycles. The monoisotopic (exact) mass is 474 g/mol. The average molecular weight is 475 g/mol. The van der Waals surface area contributed by atoms with Crippen molar-refractivity contribution in [3.8, 4) is 0 Å². The van der Waals surface area contributed by atoms with Crippen LogP contribution in [0.1, 0.15) is 20.7 Å². The van der Waals surface area contributed by atoms with Crippen LogP contribution in [0.3, 0.4) is 0 Å². The van der Waals surface area contributed by atoms with Crippen molar-refractivity contribution in [2.24, 2.45) is 0 Å². The van der Waals surface area contributed by atoms with Gasteiger partial charge in [0.25, 0.3) is 0 Å². The maximum Gasteiger partial charge on any atom is 0.329 e. The van der Waals surface area contributed by atoms with Crippen molar-refractivity contribution in [3.05, 3.63) is 71.8 Å². The van der Waals surface area contributed by atoms with Crippen molar-refractivity contribution < 1.29 is 28.7 Å². The topological polar surface area (TPSA) is 119 Å². The number of carbonyl (C=O) groups is 5. The summed E-state index contributed by atoms with van der Waals surface area (Å²) in [5.74, 6) is -2.59. The van der Waals surface area contributed by atoms with E-state index in [1.54, 1.807) is 60.7 Å². The van der Waals surface area contributed by atoms with Crippen LogP contribution in [-0.4, -0.2) is 59.2 Å². The molecular formula is C22H22N2O6S2. The minimum absolute atomic E-state index is 0.0830. The van der Waals surface area contributed by atoms with Crippen molar-refractivity contribution >= 4 is 51.5 Å². The highest BCUT2D eigenvalue weighted by molar-refractivity contribution is 8.14. The van der Waals surface area contributed by atoms with Gasteiger partial charge in [-0.25, -0.2) is 4.79 Å². The first kappa shape index (κ1) is 25.2. The fourth-order valence-corrected chi connectivity index (χ4v) is 3.93. The van der Waals surface area contributed by atoms with E-state index in [1.807, 2.05) is 0 Å². The van der Waals surface area contributed by atoms with E-state index in [1.165, 1.54) is 0 Å². The first-order chi connectivity index (χ1) is 15.4. The van der Waals surface area contributed by atoms with Gasteiger partial charge in [0.1, 0.15) is 6.04 Å². The Morgan fingerprint density at radius 3 is 1.88 bits per heavy atom. The molecule has 0 radical (unpaired) electrons. The van der Waals surface area contributed by atoms with Gasteiger partial charge in [0, 0.05) is 29.2 Å². The molecule has 0 heterocycles. The lowest BCUT2D eigenvalue weighted by Crippen LogP contribution is -2.49. The maximum atomic E-state index is 12.2. The quantitative estimate of drug-likeness (QED) is 0.321. The van der Waals surface area contributed by atoms with E-state index >= 15 is 0 Å². The Labute approximate surface area is 193 Å². The normalized spacial score (nSPS) is 11.2. The summed E-state index contributed by atoms with van der Waals surface area (Å²) in [7, 11) is 1.15. The second kappa shape index (κ2) is 13.3. The molecule has 32 heavy (non-hydrogen) atoms. The summed E-state index contributed by atoms with van der Waals surface area (Å²) in [6, 6.07) is 16.0. The summed E-state index contributed by atoms with van der Waals surface area (Å²) in [5.41, 5.74) is 0.998. The Morgan fingerprint density at radius 1 is 0.812 bits per heavy atom. The largest absolute Gasteiger partial charge is 0.467 e. The van der Waals surface area contributed by atoms with Gasteiger partial charge >= 0.3 is 17.8 Å². The van der Waals surface area contributed by atoms with Crippen LogP contribution in [0.4, 0.5) is 0 Å². The highest BCUT2D eigenvalue weighted by Gasteiger charge is 2.26. The minimum Gasteiger partial charge on any atom is -0.467 e. The van der Waals surface area contributed by atoms with E-state index in [2.05, 4.69) is 15.4 Å². The van der Waals surface area contributed by atoms with Crippen LogP contribution in [0.2, 0.25) is 0 Å². The van der Waals surface area contributed by atoms with E-state index in [-0.39, 0.29) is 28.3 Å². The average Bonchev–Trinajstić information content (AvgIpc) is 2.84. The van der Waals surface area contributed by atoms with Crippen molar-refractivity contribution in [1.29, 1.82) is 0 Å². The molecule has 0 bridgehead atoms. The summed E-state index contributed by atoms with van der Waals surface area (Å²) >= 11 is 1.85. The molecule has 2 N–H and O–H groups in total.